The van der Waals surface area contributed by atoms with E-state index in [2.05, 4.69) is 10.1 Å². The molecular formula is C12H23NO3. The van der Waals surface area contributed by atoms with E-state index in [1.54, 1.807) is 0 Å². The highest BCUT2D eigenvalue weighted by atomic mass is 16.5. The Balaban J connectivity index is 2.26. The van der Waals surface area contributed by atoms with Crippen LogP contribution >= 0.6 is 0 Å². The average molecular weight is 229 g/mol. The van der Waals surface area contributed by atoms with Crippen molar-refractivity contribution in [1.82, 2.24) is 5.32 Å². The summed E-state index contributed by atoms with van der Waals surface area (Å²) >= 11 is 0. The van der Waals surface area contributed by atoms with Gasteiger partial charge in [0, 0.05) is 25.1 Å². The molecule has 0 bridgehead atoms. The van der Waals surface area contributed by atoms with Crippen molar-refractivity contribution in [2.24, 2.45) is 11.3 Å². The van der Waals surface area contributed by atoms with Gasteiger partial charge in [0.2, 0.25) is 0 Å². The lowest BCUT2D eigenvalue weighted by atomic mass is 9.87. The highest BCUT2D eigenvalue weighted by Crippen LogP contribution is 2.36. The highest BCUT2D eigenvalue weighted by molar-refractivity contribution is 5.71. The molecule has 0 radical (unpaired) electrons. The van der Waals surface area contributed by atoms with Crippen LogP contribution in [0.4, 0.5) is 0 Å². The molecule has 0 spiro atoms. The third-order valence-electron chi connectivity index (χ3n) is 3.55. The molecule has 94 valence electrons. The molecule has 0 aromatic rings. The van der Waals surface area contributed by atoms with E-state index in [1.807, 2.05) is 6.92 Å². The second-order valence-corrected chi connectivity index (χ2v) is 4.92. The van der Waals surface area contributed by atoms with Crippen LogP contribution in [0.5, 0.6) is 0 Å². The Bertz CT molecular complexity index is 224. The van der Waals surface area contributed by atoms with E-state index in [9.17, 15) is 9.90 Å². The Morgan fingerprint density at radius 1 is 1.50 bits per heavy atom. The van der Waals surface area contributed by atoms with E-state index in [0.29, 0.717) is 6.54 Å². The highest BCUT2D eigenvalue weighted by Gasteiger charge is 2.32. The van der Waals surface area contributed by atoms with Crippen LogP contribution in [-0.4, -0.2) is 37.9 Å². The summed E-state index contributed by atoms with van der Waals surface area (Å²) in [5.74, 6) is -0.306. The molecule has 0 aliphatic heterocycles. The minimum absolute atomic E-state index is 0.0514. The lowest BCUT2D eigenvalue weighted by molar-refractivity contribution is -0.144. The molecule has 1 unspecified atom stereocenters. The van der Waals surface area contributed by atoms with E-state index in [1.165, 1.54) is 20.0 Å². The first-order valence-electron chi connectivity index (χ1n) is 6.03. The van der Waals surface area contributed by atoms with Gasteiger partial charge in [-0.25, -0.2) is 0 Å². The van der Waals surface area contributed by atoms with Crippen LogP contribution in [-0.2, 0) is 9.53 Å². The molecule has 4 heteroatoms. The van der Waals surface area contributed by atoms with Crippen LogP contribution in [0.15, 0.2) is 0 Å². The normalized spacial score (nSPS) is 20.7. The van der Waals surface area contributed by atoms with Gasteiger partial charge >= 0.3 is 5.97 Å². The first-order valence-corrected chi connectivity index (χ1v) is 6.03. The van der Waals surface area contributed by atoms with Crippen molar-refractivity contribution in [3.63, 3.8) is 0 Å². The van der Waals surface area contributed by atoms with Crippen molar-refractivity contribution in [2.45, 2.75) is 32.6 Å². The fraction of sp³-hybridized carbons (Fsp3) is 0.917. The zero-order valence-electron chi connectivity index (χ0n) is 10.3. The van der Waals surface area contributed by atoms with Crippen LogP contribution in [0.3, 0.4) is 0 Å². The Hall–Kier alpha value is -0.610. The number of carbonyl (C=O) groups excluding carboxylic acids is 1. The molecule has 1 fully saturated rings. The number of hydrogen-bond donors (Lipinski definition) is 2. The lowest BCUT2D eigenvalue weighted by Gasteiger charge is -2.27. The van der Waals surface area contributed by atoms with Crippen LogP contribution in [0.25, 0.3) is 0 Å². The maximum atomic E-state index is 11.2. The summed E-state index contributed by atoms with van der Waals surface area (Å²) in [4.78, 5) is 11.2. The quantitative estimate of drug-likeness (QED) is 0.665. The van der Waals surface area contributed by atoms with Crippen molar-refractivity contribution in [1.29, 1.82) is 0 Å². The predicted octanol–water partition coefficient (Wildman–Crippen LogP) is 0.938. The molecule has 0 heterocycles. The molecule has 4 nitrogen and oxygen atoms in total. The summed E-state index contributed by atoms with van der Waals surface area (Å²) in [6, 6.07) is 0. The molecule has 0 aromatic heterocycles. The fourth-order valence-electron chi connectivity index (χ4n) is 2.35. The van der Waals surface area contributed by atoms with Crippen molar-refractivity contribution in [2.75, 3.05) is 26.8 Å². The Kier molecular flexibility index (Phi) is 5.22. The van der Waals surface area contributed by atoms with E-state index in [4.69, 9.17) is 0 Å². The van der Waals surface area contributed by atoms with E-state index in [0.717, 1.165) is 19.4 Å². The third-order valence-corrected chi connectivity index (χ3v) is 3.55. The average Bonchev–Trinajstić information content (AvgIpc) is 2.77. The van der Waals surface area contributed by atoms with Crippen molar-refractivity contribution in [3.8, 4) is 0 Å². The van der Waals surface area contributed by atoms with Crippen molar-refractivity contribution in [3.05, 3.63) is 0 Å². The summed E-state index contributed by atoms with van der Waals surface area (Å²) in [6.07, 6.45) is 4.58. The van der Waals surface area contributed by atoms with E-state index < -0.39 is 0 Å². The number of rotatable bonds is 6. The number of methoxy groups -OCH3 is 1. The largest absolute Gasteiger partial charge is 0.469 e. The summed E-state index contributed by atoms with van der Waals surface area (Å²) in [5, 5.41) is 12.7. The molecule has 1 aliphatic carbocycles. The van der Waals surface area contributed by atoms with E-state index >= 15 is 0 Å². The summed E-state index contributed by atoms with van der Waals surface area (Å²) in [6.45, 7) is 3.50. The fourth-order valence-corrected chi connectivity index (χ4v) is 2.35. The molecule has 2 N–H and O–H groups in total. The maximum Gasteiger partial charge on any atom is 0.309 e. The van der Waals surface area contributed by atoms with Crippen LogP contribution in [0.2, 0.25) is 0 Å². The minimum Gasteiger partial charge on any atom is -0.469 e. The van der Waals surface area contributed by atoms with Gasteiger partial charge in [-0.15, -0.1) is 0 Å². The first-order chi connectivity index (χ1) is 7.63. The van der Waals surface area contributed by atoms with Gasteiger partial charge in [-0.1, -0.05) is 19.8 Å². The molecule has 0 aromatic carbocycles. The van der Waals surface area contributed by atoms with Gasteiger partial charge in [-0.3, -0.25) is 4.79 Å². The number of esters is 1. The molecule has 1 aliphatic rings. The molecule has 1 saturated carbocycles. The van der Waals surface area contributed by atoms with Crippen LogP contribution in [0, 0.1) is 11.3 Å². The number of hydrogen-bond acceptors (Lipinski definition) is 4. The molecule has 1 rings (SSSR count). The third kappa shape index (κ3) is 3.46. The van der Waals surface area contributed by atoms with Gasteiger partial charge in [0.15, 0.2) is 0 Å². The predicted molar refractivity (Wildman–Crippen MR) is 62.0 cm³/mol. The topological polar surface area (TPSA) is 58.6 Å². The minimum atomic E-state index is -0.183. The summed E-state index contributed by atoms with van der Waals surface area (Å²) in [5.41, 5.74) is 0.0514. The lowest BCUT2D eigenvalue weighted by Crippen LogP contribution is -2.38. The Labute approximate surface area is 97.4 Å². The van der Waals surface area contributed by atoms with Crippen LogP contribution in [0.1, 0.15) is 32.6 Å². The SMILES string of the molecule is COC(=O)C(C)CNCC1(CO)CCCC1. The van der Waals surface area contributed by atoms with E-state index in [-0.39, 0.29) is 23.9 Å². The Morgan fingerprint density at radius 3 is 2.62 bits per heavy atom. The number of aliphatic hydroxyl groups is 1. The molecule has 16 heavy (non-hydrogen) atoms. The molecule has 0 amide bonds. The standard InChI is InChI=1S/C12H23NO3/c1-10(11(15)16-2)7-13-8-12(9-14)5-3-4-6-12/h10,13-14H,3-9H2,1-2H3. The maximum absolute atomic E-state index is 11.2. The number of aliphatic hydroxyl groups excluding tert-OH is 1. The van der Waals surface area contributed by atoms with Gasteiger partial charge in [-0.2, -0.15) is 0 Å². The summed E-state index contributed by atoms with van der Waals surface area (Å²) < 4.78 is 4.66. The molecular weight excluding hydrogens is 206 g/mol. The molecule has 0 saturated heterocycles. The van der Waals surface area contributed by atoms with Gasteiger partial charge in [0.05, 0.1) is 13.0 Å². The van der Waals surface area contributed by atoms with Crippen molar-refractivity contribution >= 4 is 5.97 Å². The van der Waals surface area contributed by atoms with Crippen molar-refractivity contribution < 1.29 is 14.6 Å². The number of ether oxygens (including phenoxy) is 1. The Morgan fingerprint density at radius 2 is 2.12 bits per heavy atom. The van der Waals surface area contributed by atoms with Gasteiger partial charge in [0.1, 0.15) is 0 Å². The number of nitrogens with one attached hydrogen (secondary N) is 1. The summed E-state index contributed by atoms with van der Waals surface area (Å²) in [7, 11) is 1.41. The van der Waals surface area contributed by atoms with Crippen LogP contribution < -0.4 is 5.32 Å². The second-order valence-electron chi connectivity index (χ2n) is 4.92. The number of carbonyl (C=O) groups is 1. The van der Waals surface area contributed by atoms with Gasteiger partial charge in [0.25, 0.3) is 0 Å². The second kappa shape index (κ2) is 6.21. The van der Waals surface area contributed by atoms with Gasteiger partial charge < -0.3 is 15.2 Å². The zero-order valence-corrected chi connectivity index (χ0v) is 10.3. The van der Waals surface area contributed by atoms with Gasteiger partial charge in [-0.05, 0) is 12.8 Å². The monoisotopic (exact) mass is 229 g/mol. The smallest absolute Gasteiger partial charge is 0.309 e. The molecule has 1 atom stereocenters. The zero-order chi connectivity index (χ0) is 12.0. The first kappa shape index (κ1) is 13.5.